The minimum absolute atomic E-state index is 0.0488. The van der Waals surface area contributed by atoms with Gasteiger partial charge < -0.3 is 10.5 Å². The molecule has 2 aromatic rings. The van der Waals surface area contributed by atoms with E-state index in [-0.39, 0.29) is 6.04 Å². The molecule has 1 unspecified atom stereocenters. The molecule has 1 atom stereocenters. The number of aryl methyl sites for hydroxylation is 1. The Kier molecular flexibility index (Phi) is 4.55. The molecule has 1 aromatic heterocycles. The average molecular weight is 272 g/mol. The van der Waals surface area contributed by atoms with Gasteiger partial charge in [-0.05, 0) is 42.7 Å². The molecule has 5 heteroatoms. The van der Waals surface area contributed by atoms with E-state index in [1.54, 1.807) is 13.3 Å². The number of ether oxygens (including phenoxy) is 1. The van der Waals surface area contributed by atoms with Crippen molar-refractivity contribution < 1.29 is 4.74 Å². The summed E-state index contributed by atoms with van der Waals surface area (Å²) in [6, 6.07) is 9.81. The molecule has 0 aliphatic heterocycles. The van der Waals surface area contributed by atoms with Crippen LogP contribution in [0.25, 0.3) is 0 Å². The number of nitrogens with zero attached hydrogens (tertiary/aromatic N) is 1. The van der Waals surface area contributed by atoms with Gasteiger partial charge in [0.05, 0.1) is 13.2 Å². The van der Waals surface area contributed by atoms with E-state index in [0.29, 0.717) is 12.2 Å². The fourth-order valence-electron chi connectivity index (χ4n) is 2.22. The second-order valence-corrected chi connectivity index (χ2v) is 4.76. The molecule has 5 N–H and O–H groups in total. The van der Waals surface area contributed by atoms with Crippen molar-refractivity contribution in [3.8, 4) is 5.75 Å². The number of benzene rings is 1. The number of nitrogens with two attached hydrogens (primary N) is 2. The Morgan fingerprint density at radius 2 is 2.10 bits per heavy atom. The number of methoxy groups -OCH3 is 1. The summed E-state index contributed by atoms with van der Waals surface area (Å²) in [7, 11) is 1.66. The van der Waals surface area contributed by atoms with Crippen molar-refractivity contribution in [3.63, 3.8) is 0 Å². The maximum Gasteiger partial charge on any atom is 0.123 e. The van der Waals surface area contributed by atoms with Gasteiger partial charge in [-0.3, -0.25) is 11.3 Å². The molecule has 1 heterocycles. The van der Waals surface area contributed by atoms with Crippen LogP contribution in [0.1, 0.15) is 22.7 Å². The molecule has 0 bridgehead atoms. The summed E-state index contributed by atoms with van der Waals surface area (Å²) in [5, 5.41) is 0. The van der Waals surface area contributed by atoms with Crippen LogP contribution in [0, 0.1) is 6.92 Å². The number of hydrazine groups is 1. The molecule has 0 saturated carbocycles. The van der Waals surface area contributed by atoms with Crippen molar-refractivity contribution in [1.82, 2.24) is 10.4 Å². The zero-order valence-electron chi connectivity index (χ0n) is 11.8. The van der Waals surface area contributed by atoms with E-state index in [1.807, 2.05) is 37.3 Å². The van der Waals surface area contributed by atoms with Crippen LogP contribution in [-0.2, 0) is 6.42 Å². The number of nitrogen functional groups attached to an aromatic ring is 1. The Hall–Kier alpha value is -2.11. The molecule has 2 rings (SSSR count). The van der Waals surface area contributed by atoms with E-state index >= 15 is 0 Å². The summed E-state index contributed by atoms with van der Waals surface area (Å²) in [5.41, 5.74) is 11.8. The number of hydrogen-bond donors (Lipinski definition) is 3. The van der Waals surface area contributed by atoms with Crippen molar-refractivity contribution in [2.75, 3.05) is 12.8 Å². The zero-order valence-corrected chi connectivity index (χ0v) is 11.8. The molecule has 20 heavy (non-hydrogen) atoms. The largest absolute Gasteiger partial charge is 0.496 e. The lowest BCUT2D eigenvalue weighted by Crippen LogP contribution is -2.30. The summed E-state index contributed by atoms with van der Waals surface area (Å²) in [6.45, 7) is 2.03. The minimum atomic E-state index is -0.0488. The molecule has 0 spiro atoms. The zero-order chi connectivity index (χ0) is 14.5. The first-order chi connectivity index (χ1) is 9.63. The van der Waals surface area contributed by atoms with E-state index in [9.17, 15) is 0 Å². The second-order valence-electron chi connectivity index (χ2n) is 4.76. The monoisotopic (exact) mass is 272 g/mol. The third-order valence-electron chi connectivity index (χ3n) is 3.25. The smallest absolute Gasteiger partial charge is 0.123 e. The molecule has 106 valence electrons. The van der Waals surface area contributed by atoms with Crippen LogP contribution in [0.15, 0.2) is 36.5 Å². The highest BCUT2D eigenvalue weighted by molar-refractivity contribution is 5.40. The van der Waals surface area contributed by atoms with Gasteiger partial charge in [0.15, 0.2) is 0 Å². The number of pyridine rings is 1. The van der Waals surface area contributed by atoms with Crippen LogP contribution >= 0.6 is 0 Å². The van der Waals surface area contributed by atoms with Crippen LogP contribution in [-0.4, -0.2) is 12.1 Å². The van der Waals surface area contributed by atoms with Gasteiger partial charge in [-0.1, -0.05) is 12.1 Å². The Labute approximate surface area is 118 Å². The Morgan fingerprint density at radius 3 is 2.75 bits per heavy atom. The van der Waals surface area contributed by atoms with Gasteiger partial charge in [0, 0.05) is 11.8 Å². The van der Waals surface area contributed by atoms with Gasteiger partial charge in [0.1, 0.15) is 11.6 Å². The molecule has 0 radical (unpaired) electrons. The molecule has 0 aliphatic carbocycles. The van der Waals surface area contributed by atoms with E-state index in [0.717, 1.165) is 22.4 Å². The molecule has 5 nitrogen and oxygen atoms in total. The lowest BCUT2D eigenvalue weighted by molar-refractivity contribution is 0.398. The van der Waals surface area contributed by atoms with E-state index in [1.165, 1.54) is 0 Å². The average Bonchev–Trinajstić information content (AvgIpc) is 2.45. The first-order valence-electron chi connectivity index (χ1n) is 6.45. The van der Waals surface area contributed by atoms with Gasteiger partial charge >= 0.3 is 0 Å². The van der Waals surface area contributed by atoms with Gasteiger partial charge in [-0.2, -0.15) is 0 Å². The summed E-state index contributed by atoms with van der Waals surface area (Å²) in [4.78, 5) is 3.99. The van der Waals surface area contributed by atoms with Crippen LogP contribution in [0.3, 0.4) is 0 Å². The SMILES string of the molecule is COc1cc(C)ccc1C(Cc1ccnc(N)c1)NN. The summed E-state index contributed by atoms with van der Waals surface area (Å²) < 4.78 is 5.44. The van der Waals surface area contributed by atoms with E-state index < -0.39 is 0 Å². The number of anilines is 1. The predicted molar refractivity (Wildman–Crippen MR) is 80.1 cm³/mol. The Bertz CT molecular complexity index is 586. The number of rotatable bonds is 5. The maximum absolute atomic E-state index is 5.70. The number of aromatic nitrogens is 1. The molecule has 0 saturated heterocycles. The fourth-order valence-corrected chi connectivity index (χ4v) is 2.22. The molecule has 1 aromatic carbocycles. The molecule has 0 aliphatic rings. The van der Waals surface area contributed by atoms with Gasteiger partial charge in [0.25, 0.3) is 0 Å². The van der Waals surface area contributed by atoms with Crippen molar-refractivity contribution in [1.29, 1.82) is 0 Å². The van der Waals surface area contributed by atoms with E-state index in [4.69, 9.17) is 16.3 Å². The van der Waals surface area contributed by atoms with Crippen LogP contribution < -0.4 is 21.7 Å². The first kappa shape index (κ1) is 14.3. The lowest BCUT2D eigenvalue weighted by Gasteiger charge is -2.19. The molecule has 0 amide bonds. The standard InChI is InChI=1S/C15H20N4O/c1-10-3-4-12(14(7-10)20-2)13(19-17)8-11-5-6-18-15(16)9-11/h3-7,9,13,19H,8,17H2,1-2H3,(H2,16,18). The van der Waals surface area contributed by atoms with Gasteiger partial charge in [-0.15, -0.1) is 0 Å². The van der Waals surface area contributed by atoms with Crippen molar-refractivity contribution in [2.24, 2.45) is 5.84 Å². The second kappa shape index (κ2) is 6.36. The van der Waals surface area contributed by atoms with E-state index in [2.05, 4.69) is 10.4 Å². The normalized spacial score (nSPS) is 12.2. The topological polar surface area (TPSA) is 86.2 Å². The third kappa shape index (κ3) is 3.26. The first-order valence-corrected chi connectivity index (χ1v) is 6.45. The molecular formula is C15H20N4O. The van der Waals surface area contributed by atoms with Crippen molar-refractivity contribution in [2.45, 2.75) is 19.4 Å². The van der Waals surface area contributed by atoms with Gasteiger partial charge in [-0.25, -0.2) is 4.98 Å². The highest BCUT2D eigenvalue weighted by atomic mass is 16.5. The Balaban J connectivity index is 2.28. The summed E-state index contributed by atoms with van der Waals surface area (Å²) in [5.74, 6) is 7.04. The van der Waals surface area contributed by atoms with Crippen molar-refractivity contribution >= 4 is 5.82 Å². The Morgan fingerprint density at radius 1 is 1.30 bits per heavy atom. The summed E-state index contributed by atoms with van der Waals surface area (Å²) >= 11 is 0. The fraction of sp³-hybridized carbons (Fsp3) is 0.267. The quantitative estimate of drug-likeness (QED) is 0.570. The number of hydrogen-bond acceptors (Lipinski definition) is 5. The molecule has 0 fully saturated rings. The van der Waals surface area contributed by atoms with Gasteiger partial charge in [0.2, 0.25) is 0 Å². The summed E-state index contributed by atoms with van der Waals surface area (Å²) in [6.07, 6.45) is 2.41. The lowest BCUT2D eigenvalue weighted by atomic mass is 9.98. The highest BCUT2D eigenvalue weighted by Gasteiger charge is 2.15. The third-order valence-corrected chi connectivity index (χ3v) is 3.25. The van der Waals surface area contributed by atoms with Crippen molar-refractivity contribution in [3.05, 3.63) is 53.2 Å². The van der Waals surface area contributed by atoms with Crippen LogP contribution in [0.4, 0.5) is 5.82 Å². The highest BCUT2D eigenvalue weighted by Crippen LogP contribution is 2.28. The van der Waals surface area contributed by atoms with Crippen LogP contribution in [0.5, 0.6) is 5.75 Å². The molecular weight excluding hydrogens is 252 g/mol. The minimum Gasteiger partial charge on any atom is -0.496 e. The number of nitrogens with one attached hydrogen (secondary N) is 1. The predicted octanol–water partition coefficient (Wildman–Crippen LogP) is 1.73. The maximum atomic E-state index is 5.70. The van der Waals surface area contributed by atoms with Crippen LogP contribution in [0.2, 0.25) is 0 Å².